The van der Waals surface area contributed by atoms with Gasteiger partial charge in [0.1, 0.15) is 0 Å². The van der Waals surface area contributed by atoms with Gasteiger partial charge in [-0.3, -0.25) is 0 Å². The summed E-state index contributed by atoms with van der Waals surface area (Å²) >= 11 is 0. The summed E-state index contributed by atoms with van der Waals surface area (Å²) in [5.74, 6) is 0. The molecule has 0 spiro atoms. The lowest BCUT2D eigenvalue weighted by atomic mass is 10.0. The minimum Gasteiger partial charge on any atom is -0.376 e. The van der Waals surface area contributed by atoms with Crippen LogP contribution < -0.4 is 0 Å². The van der Waals surface area contributed by atoms with Gasteiger partial charge in [-0.05, 0) is 18.6 Å². The van der Waals surface area contributed by atoms with Crippen LogP contribution in [0.4, 0.5) is 0 Å². The third kappa shape index (κ3) is 1.63. The maximum absolute atomic E-state index is 7.83. The van der Waals surface area contributed by atoms with Crippen LogP contribution >= 0.6 is 0 Å². The Morgan fingerprint density at radius 3 is 3.08 bits per heavy atom. The van der Waals surface area contributed by atoms with E-state index in [1.165, 1.54) is 5.56 Å². The van der Waals surface area contributed by atoms with Crippen molar-refractivity contribution in [2.24, 2.45) is 0 Å². The summed E-state index contributed by atoms with van der Waals surface area (Å²) in [5, 5.41) is 7.83. The van der Waals surface area contributed by atoms with Gasteiger partial charge in [0.05, 0.1) is 13.2 Å². The summed E-state index contributed by atoms with van der Waals surface area (Å²) in [5.41, 5.74) is 4.13. The Morgan fingerprint density at radius 2 is 2.23 bits per heavy atom. The first-order valence-corrected chi connectivity index (χ1v) is 4.52. The first-order chi connectivity index (χ1) is 6.27. The molecule has 0 bridgehead atoms. The summed E-state index contributed by atoms with van der Waals surface area (Å²) in [6.07, 6.45) is 0.733. The van der Waals surface area contributed by atoms with Gasteiger partial charge in [-0.1, -0.05) is 17.7 Å². The molecule has 2 rings (SSSR count). The van der Waals surface area contributed by atoms with E-state index in [1.54, 1.807) is 0 Å². The quantitative estimate of drug-likeness (QED) is 0.644. The molecule has 1 heterocycles. The molecule has 1 aliphatic rings. The van der Waals surface area contributed by atoms with Gasteiger partial charge in [0.15, 0.2) is 0 Å². The molecule has 0 saturated heterocycles. The lowest BCUT2D eigenvalue weighted by Crippen LogP contribution is -2.01. The third-order valence-electron chi connectivity index (χ3n) is 2.34. The molecule has 0 radical (unpaired) electrons. The Hall–Kier alpha value is -1.15. The van der Waals surface area contributed by atoms with Gasteiger partial charge in [-0.15, -0.1) is 0 Å². The Labute approximate surface area is 78.0 Å². The highest BCUT2D eigenvalue weighted by atomic mass is 16.5. The van der Waals surface area contributed by atoms with Crippen molar-refractivity contribution in [2.45, 2.75) is 20.0 Å². The molecule has 0 unspecified atom stereocenters. The maximum atomic E-state index is 7.83. The molecule has 1 aromatic carbocycles. The fourth-order valence-corrected chi connectivity index (χ4v) is 1.59. The fraction of sp³-hybridized carbons (Fsp3) is 0.364. The van der Waals surface area contributed by atoms with E-state index < -0.39 is 0 Å². The topological polar surface area (TPSA) is 33.1 Å². The molecule has 1 aromatic rings. The molecule has 0 fully saturated rings. The van der Waals surface area contributed by atoms with Crippen molar-refractivity contribution in [3.8, 4) is 0 Å². The molecular formula is C11H13NO. The highest BCUT2D eigenvalue weighted by molar-refractivity contribution is 5.99. The number of benzene rings is 1. The van der Waals surface area contributed by atoms with E-state index >= 15 is 0 Å². The van der Waals surface area contributed by atoms with Crippen LogP contribution in [0.5, 0.6) is 0 Å². The third-order valence-corrected chi connectivity index (χ3v) is 2.34. The summed E-state index contributed by atoms with van der Waals surface area (Å²) in [4.78, 5) is 0. The molecular weight excluding hydrogens is 162 g/mol. The van der Waals surface area contributed by atoms with Crippen molar-refractivity contribution in [3.05, 3.63) is 34.9 Å². The second-order valence-electron chi connectivity index (χ2n) is 3.44. The van der Waals surface area contributed by atoms with Crippen LogP contribution in [0.3, 0.4) is 0 Å². The zero-order valence-electron chi connectivity index (χ0n) is 7.76. The van der Waals surface area contributed by atoms with E-state index in [9.17, 15) is 0 Å². The van der Waals surface area contributed by atoms with Gasteiger partial charge in [0.2, 0.25) is 0 Å². The lowest BCUT2D eigenvalue weighted by molar-refractivity contribution is 0.130. The highest BCUT2D eigenvalue weighted by Crippen LogP contribution is 2.17. The summed E-state index contributed by atoms with van der Waals surface area (Å²) in [6.45, 7) is 3.38. The van der Waals surface area contributed by atoms with E-state index in [0.29, 0.717) is 18.9 Å². The fourth-order valence-electron chi connectivity index (χ4n) is 1.59. The van der Waals surface area contributed by atoms with Crippen LogP contribution in [0, 0.1) is 12.3 Å². The first kappa shape index (κ1) is 8.45. The van der Waals surface area contributed by atoms with Gasteiger partial charge in [0.25, 0.3) is 0 Å². The van der Waals surface area contributed by atoms with Crippen molar-refractivity contribution in [1.82, 2.24) is 0 Å². The normalized spacial score (nSPS) is 16.5. The molecule has 1 aliphatic heterocycles. The van der Waals surface area contributed by atoms with Crippen molar-refractivity contribution < 1.29 is 4.74 Å². The summed E-state index contributed by atoms with van der Waals surface area (Å²) in [7, 11) is 0. The van der Waals surface area contributed by atoms with Crippen molar-refractivity contribution in [1.29, 1.82) is 5.41 Å². The van der Waals surface area contributed by atoms with E-state index in [2.05, 4.69) is 25.1 Å². The second kappa shape index (κ2) is 3.30. The maximum Gasteiger partial charge on any atom is 0.0723 e. The summed E-state index contributed by atoms with van der Waals surface area (Å²) < 4.78 is 5.39. The van der Waals surface area contributed by atoms with Crippen molar-refractivity contribution >= 4 is 5.71 Å². The van der Waals surface area contributed by atoms with Gasteiger partial charge in [-0.25, -0.2) is 0 Å². The van der Waals surface area contributed by atoms with Gasteiger partial charge in [-0.2, -0.15) is 0 Å². The minimum absolute atomic E-state index is 0.651. The zero-order chi connectivity index (χ0) is 9.26. The van der Waals surface area contributed by atoms with Crippen LogP contribution in [0.15, 0.2) is 18.2 Å². The van der Waals surface area contributed by atoms with Crippen LogP contribution in [0.25, 0.3) is 0 Å². The molecule has 1 N–H and O–H groups in total. The van der Waals surface area contributed by atoms with Crippen LogP contribution in [-0.4, -0.2) is 12.3 Å². The SMILES string of the molecule is Cc1ccc2c(c1)C(=N)CCOC2. The van der Waals surface area contributed by atoms with Crippen LogP contribution in [0.1, 0.15) is 23.1 Å². The molecule has 0 atom stereocenters. The number of hydrogen-bond donors (Lipinski definition) is 1. The van der Waals surface area contributed by atoms with Crippen LogP contribution in [-0.2, 0) is 11.3 Å². The van der Waals surface area contributed by atoms with E-state index in [1.807, 2.05) is 0 Å². The zero-order valence-corrected chi connectivity index (χ0v) is 7.76. The van der Waals surface area contributed by atoms with Crippen LogP contribution in [0.2, 0.25) is 0 Å². The van der Waals surface area contributed by atoms with E-state index in [-0.39, 0.29) is 0 Å². The Kier molecular flexibility index (Phi) is 2.15. The Morgan fingerprint density at radius 1 is 1.38 bits per heavy atom. The van der Waals surface area contributed by atoms with Crippen molar-refractivity contribution in [2.75, 3.05) is 6.61 Å². The van der Waals surface area contributed by atoms with E-state index in [0.717, 1.165) is 17.5 Å². The average Bonchev–Trinajstić information content (AvgIpc) is 2.29. The molecule has 0 amide bonds. The molecule has 68 valence electrons. The molecule has 0 aliphatic carbocycles. The Balaban J connectivity index is 2.49. The number of fused-ring (bicyclic) bond motifs is 1. The average molecular weight is 175 g/mol. The monoisotopic (exact) mass is 175 g/mol. The predicted molar refractivity (Wildman–Crippen MR) is 52.3 cm³/mol. The van der Waals surface area contributed by atoms with Gasteiger partial charge >= 0.3 is 0 Å². The predicted octanol–water partition coefficient (Wildman–Crippen LogP) is 2.28. The minimum atomic E-state index is 0.651. The lowest BCUT2D eigenvalue weighted by Gasteiger charge is -2.05. The summed E-state index contributed by atoms with van der Waals surface area (Å²) in [6, 6.07) is 6.21. The molecule has 0 aromatic heterocycles. The smallest absolute Gasteiger partial charge is 0.0723 e. The first-order valence-electron chi connectivity index (χ1n) is 4.52. The standard InChI is InChI=1S/C11H13NO/c1-8-2-3-9-7-13-5-4-11(12)10(9)6-8/h2-3,6,12H,4-5,7H2,1H3. The Bertz CT molecular complexity index is 344. The second-order valence-corrected chi connectivity index (χ2v) is 3.44. The van der Waals surface area contributed by atoms with Crippen molar-refractivity contribution in [3.63, 3.8) is 0 Å². The highest BCUT2D eigenvalue weighted by Gasteiger charge is 2.12. The number of nitrogens with one attached hydrogen (secondary N) is 1. The van der Waals surface area contributed by atoms with Gasteiger partial charge < -0.3 is 10.1 Å². The van der Waals surface area contributed by atoms with E-state index in [4.69, 9.17) is 10.1 Å². The number of ether oxygens (including phenoxy) is 1. The number of hydrogen-bond acceptors (Lipinski definition) is 2. The largest absolute Gasteiger partial charge is 0.376 e. The van der Waals surface area contributed by atoms with Gasteiger partial charge in [0, 0.05) is 17.7 Å². The number of aryl methyl sites for hydroxylation is 1. The molecule has 13 heavy (non-hydrogen) atoms. The molecule has 2 nitrogen and oxygen atoms in total. The number of rotatable bonds is 0. The molecule has 0 saturated carbocycles. The molecule has 2 heteroatoms.